The zero-order valence-corrected chi connectivity index (χ0v) is 12.9. The average Bonchev–Trinajstić information content (AvgIpc) is 2.90. The highest BCUT2D eigenvalue weighted by atomic mass is 32.2. The first-order valence-corrected chi connectivity index (χ1v) is 8.28. The van der Waals surface area contributed by atoms with Crippen LogP contribution in [0.2, 0.25) is 0 Å². The van der Waals surface area contributed by atoms with Crippen LogP contribution in [0.15, 0.2) is 24.3 Å². The normalized spacial score (nSPS) is 28.2. The maximum Gasteiger partial charge on any atom is 0.311 e. The summed E-state index contributed by atoms with van der Waals surface area (Å²) < 4.78 is 0. The van der Waals surface area contributed by atoms with Crippen molar-refractivity contribution in [3.8, 4) is 0 Å². The van der Waals surface area contributed by atoms with Crippen LogP contribution in [0.4, 0.5) is 0 Å². The first-order valence-electron chi connectivity index (χ1n) is 7.23. The van der Waals surface area contributed by atoms with Crippen molar-refractivity contribution >= 4 is 23.6 Å². The Morgan fingerprint density at radius 1 is 1.38 bits per heavy atom. The third-order valence-corrected chi connectivity index (χ3v) is 5.75. The van der Waals surface area contributed by atoms with E-state index in [9.17, 15) is 14.7 Å². The number of hydrogen-bond acceptors (Lipinski definition) is 3. The SMILES string of the molecule is C[C@]1(C(=O)O)CCN(C(=O)[C@H]2SCCc3ccccc32)C1. The molecule has 1 aromatic rings. The third-order valence-electron chi connectivity index (χ3n) is 4.52. The number of carbonyl (C=O) groups excluding carboxylic acids is 1. The van der Waals surface area contributed by atoms with E-state index < -0.39 is 11.4 Å². The molecule has 0 aromatic heterocycles. The lowest BCUT2D eigenvalue weighted by atomic mass is 9.90. The van der Waals surface area contributed by atoms with E-state index in [0.717, 1.165) is 17.7 Å². The lowest BCUT2D eigenvalue weighted by Gasteiger charge is -2.28. The lowest BCUT2D eigenvalue weighted by molar-refractivity contribution is -0.147. The van der Waals surface area contributed by atoms with Crippen LogP contribution in [-0.2, 0) is 16.0 Å². The van der Waals surface area contributed by atoms with Crippen molar-refractivity contribution in [2.45, 2.75) is 25.0 Å². The predicted molar refractivity (Wildman–Crippen MR) is 82.3 cm³/mol. The average molecular weight is 305 g/mol. The van der Waals surface area contributed by atoms with Crippen LogP contribution < -0.4 is 0 Å². The van der Waals surface area contributed by atoms with Crippen LogP contribution >= 0.6 is 11.8 Å². The van der Waals surface area contributed by atoms with Gasteiger partial charge in [-0.3, -0.25) is 9.59 Å². The van der Waals surface area contributed by atoms with Gasteiger partial charge in [-0.15, -0.1) is 11.8 Å². The zero-order valence-electron chi connectivity index (χ0n) is 12.0. The van der Waals surface area contributed by atoms with Crippen molar-refractivity contribution < 1.29 is 14.7 Å². The molecule has 4 nitrogen and oxygen atoms in total. The quantitative estimate of drug-likeness (QED) is 0.911. The van der Waals surface area contributed by atoms with Crippen LogP contribution in [-0.4, -0.2) is 40.7 Å². The number of carboxylic acids is 1. The van der Waals surface area contributed by atoms with E-state index in [1.165, 1.54) is 5.56 Å². The molecule has 5 heteroatoms. The van der Waals surface area contributed by atoms with Gasteiger partial charge in [-0.05, 0) is 36.6 Å². The Bertz CT molecular complexity index is 589. The summed E-state index contributed by atoms with van der Waals surface area (Å²) in [5.41, 5.74) is 1.55. The molecule has 1 N–H and O–H groups in total. The molecule has 2 aliphatic rings. The summed E-state index contributed by atoms with van der Waals surface area (Å²) in [6.07, 6.45) is 1.53. The molecule has 0 aliphatic carbocycles. The number of amides is 1. The second-order valence-corrected chi connectivity index (χ2v) is 7.29. The van der Waals surface area contributed by atoms with Crippen molar-refractivity contribution in [1.82, 2.24) is 4.90 Å². The summed E-state index contributed by atoms with van der Waals surface area (Å²) in [5.74, 6) is 0.198. The molecule has 0 radical (unpaired) electrons. The fourth-order valence-corrected chi connectivity index (χ4v) is 4.36. The Morgan fingerprint density at radius 2 is 2.14 bits per heavy atom. The highest BCUT2D eigenvalue weighted by Gasteiger charge is 2.44. The van der Waals surface area contributed by atoms with Gasteiger partial charge < -0.3 is 10.0 Å². The summed E-state index contributed by atoms with van der Waals surface area (Å²) >= 11 is 1.67. The molecular formula is C16H19NO3S. The van der Waals surface area contributed by atoms with Gasteiger partial charge in [0.1, 0.15) is 5.25 Å². The number of benzene rings is 1. The summed E-state index contributed by atoms with van der Waals surface area (Å²) in [6, 6.07) is 8.08. The highest BCUT2D eigenvalue weighted by molar-refractivity contribution is 8.00. The number of fused-ring (bicyclic) bond motifs is 1. The molecule has 2 atom stereocenters. The molecule has 1 fully saturated rings. The number of likely N-dealkylation sites (tertiary alicyclic amines) is 1. The number of aryl methyl sites for hydroxylation is 1. The van der Waals surface area contributed by atoms with Gasteiger partial charge in [0, 0.05) is 13.1 Å². The molecule has 0 unspecified atom stereocenters. The standard InChI is InChI=1S/C16H19NO3S/c1-16(15(19)20)7-8-17(10-16)14(18)13-12-5-3-2-4-11(12)6-9-21-13/h2-5,13H,6-10H2,1H3,(H,19,20)/t13-,16-/m0/s1. The zero-order chi connectivity index (χ0) is 15.0. The van der Waals surface area contributed by atoms with Crippen LogP contribution in [0.25, 0.3) is 0 Å². The minimum absolute atomic E-state index is 0.0668. The molecule has 3 rings (SSSR count). The van der Waals surface area contributed by atoms with Crippen molar-refractivity contribution in [2.75, 3.05) is 18.8 Å². The molecule has 0 spiro atoms. The number of carboxylic acid groups (broad SMARTS) is 1. The van der Waals surface area contributed by atoms with Crippen molar-refractivity contribution in [1.29, 1.82) is 0 Å². The van der Waals surface area contributed by atoms with Gasteiger partial charge in [0.25, 0.3) is 0 Å². The lowest BCUT2D eigenvalue weighted by Crippen LogP contribution is -2.37. The molecule has 0 saturated carbocycles. The molecule has 1 aromatic carbocycles. The van der Waals surface area contributed by atoms with E-state index >= 15 is 0 Å². The van der Waals surface area contributed by atoms with E-state index in [2.05, 4.69) is 6.07 Å². The fraction of sp³-hybridized carbons (Fsp3) is 0.500. The van der Waals surface area contributed by atoms with E-state index in [1.807, 2.05) is 18.2 Å². The van der Waals surface area contributed by atoms with Crippen LogP contribution in [0.1, 0.15) is 29.7 Å². The Labute approximate surface area is 128 Å². The molecule has 2 aliphatic heterocycles. The van der Waals surface area contributed by atoms with E-state index in [0.29, 0.717) is 19.5 Å². The Hall–Kier alpha value is -1.49. The van der Waals surface area contributed by atoms with E-state index in [-0.39, 0.29) is 11.2 Å². The van der Waals surface area contributed by atoms with Crippen LogP contribution in [0.3, 0.4) is 0 Å². The van der Waals surface area contributed by atoms with Crippen molar-refractivity contribution in [3.63, 3.8) is 0 Å². The van der Waals surface area contributed by atoms with Gasteiger partial charge >= 0.3 is 5.97 Å². The van der Waals surface area contributed by atoms with Gasteiger partial charge in [0.05, 0.1) is 5.41 Å². The highest BCUT2D eigenvalue weighted by Crippen LogP contribution is 2.40. The summed E-state index contributed by atoms with van der Waals surface area (Å²) in [6.45, 7) is 2.59. The van der Waals surface area contributed by atoms with Gasteiger partial charge in [0.2, 0.25) is 5.91 Å². The summed E-state index contributed by atoms with van der Waals surface area (Å²) in [7, 11) is 0. The molecule has 112 valence electrons. The van der Waals surface area contributed by atoms with Crippen LogP contribution in [0.5, 0.6) is 0 Å². The van der Waals surface area contributed by atoms with E-state index in [1.54, 1.807) is 23.6 Å². The number of nitrogens with zero attached hydrogens (tertiary/aromatic N) is 1. The molecule has 21 heavy (non-hydrogen) atoms. The predicted octanol–water partition coefficient (Wildman–Crippen LogP) is 2.34. The maximum absolute atomic E-state index is 12.8. The van der Waals surface area contributed by atoms with Gasteiger partial charge in [-0.2, -0.15) is 0 Å². The second-order valence-electron chi connectivity index (χ2n) is 6.08. The van der Waals surface area contributed by atoms with Crippen LogP contribution in [0, 0.1) is 5.41 Å². The number of aliphatic carboxylic acids is 1. The second kappa shape index (κ2) is 5.37. The van der Waals surface area contributed by atoms with Gasteiger partial charge in [0.15, 0.2) is 0 Å². The Morgan fingerprint density at radius 3 is 2.86 bits per heavy atom. The summed E-state index contributed by atoms with van der Waals surface area (Å²) in [5, 5.41) is 9.12. The Balaban J connectivity index is 1.80. The fourth-order valence-electron chi connectivity index (χ4n) is 3.09. The smallest absolute Gasteiger partial charge is 0.311 e. The van der Waals surface area contributed by atoms with Gasteiger partial charge in [-0.25, -0.2) is 0 Å². The third kappa shape index (κ3) is 2.55. The molecule has 1 amide bonds. The maximum atomic E-state index is 12.8. The van der Waals surface area contributed by atoms with Crippen molar-refractivity contribution in [3.05, 3.63) is 35.4 Å². The number of thioether (sulfide) groups is 1. The first-order chi connectivity index (χ1) is 10.0. The van der Waals surface area contributed by atoms with E-state index in [4.69, 9.17) is 0 Å². The molecule has 2 heterocycles. The number of hydrogen-bond donors (Lipinski definition) is 1. The monoisotopic (exact) mass is 305 g/mol. The summed E-state index contributed by atoms with van der Waals surface area (Å²) in [4.78, 5) is 25.8. The molecular weight excluding hydrogens is 286 g/mol. The number of carbonyl (C=O) groups is 2. The number of rotatable bonds is 2. The largest absolute Gasteiger partial charge is 0.481 e. The molecule has 1 saturated heterocycles. The first kappa shape index (κ1) is 14.4. The van der Waals surface area contributed by atoms with Crippen molar-refractivity contribution in [2.24, 2.45) is 5.41 Å². The topological polar surface area (TPSA) is 57.6 Å². The Kier molecular flexibility index (Phi) is 3.69. The van der Waals surface area contributed by atoms with Gasteiger partial charge in [-0.1, -0.05) is 24.3 Å². The minimum atomic E-state index is -0.811. The minimum Gasteiger partial charge on any atom is -0.481 e. The molecule has 0 bridgehead atoms.